The number of aliphatic hydroxyl groups excluding tert-OH is 1. The lowest BCUT2D eigenvalue weighted by Crippen LogP contribution is -2.32. The molecule has 1 amide bonds. The van der Waals surface area contributed by atoms with Crippen LogP contribution in [0.2, 0.25) is 0 Å². The molecule has 8 heteroatoms. The van der Waals surface area contributed by atoms with Crippen molar-refractivity contribution in [1.82, 2.24) is 4.90 Å². The Hall–Kier alpha value is -3.65. The average Bonchev–Trinajstić information content (AvgIpc) is 3.02. The smallest absolute Gasteiger partial charge is 0.308 e. The van der Waals surface area contributed by atoms with Crippen LogP contribution in [0.5, 0.6) is 11.5 Å². The summed E-state index contributed by atoms with van der Waals surface area (Å²) in [5.74, 6) is -1.43. The van der Waals surface area contributed by atoms with Crippen LogP contribution in [0.25, 0.3) is 5.76 Å². The second-order valence-electron chi connectivity index (χ2n) is 7.11. The molecule has 1 atom stereocenters. The minimum Gasteiger partial charge on any atom is -0.507 e. The number of esters is 1. The van der Waals surface area contributed by atoms with E-state index < -0.39 is 23.7 Å². The number of carbonyl (C=O) groups excluding carboxylic acids is 3. The number of ether oxygens (including phenoxy) is 3. The lowest BCUT2D eigenvalue weighted by atomic mass is 9.95. The maximum atomic E-state index is 12.9. The summed E-state index contributed by atoms with van der Waals surface area (Å²) < 4.78 is 15.7. The van der Waals surface area contributed by atoms with E-state index in [1.54, 1.807) is 48.5 Å². The molecule has 0 radical (unpaired) electrons. The highest BCUT2D eigenvalue weighted by Gasteiger charge is 2.46. The topological polar surface area (TPSA) is 102 Å². The number of Topliss-reactive ketones (excluding diaryl/α,β-unsaturated/α-hetero) is 1. The van der Waals surface area contributed by atoms with E-state index in [0.717, 1.165) is 0 Å². The molecule has 1 unspecified atom stereocenters. The zero-order valence-electron chi connectivity index (χ0n) is 18.2. The molecule has 0 spiro atoms. The van der Waals surface area contributed by atoms with Gasteiger partial charge in [0.15, 0.2) is 0 Å². The Balaban J connectivity index is 2.11. The molecule has 168 valence electrons. The van der Waals surface area contributed by atoms with Crippen LogP contribution in [0.15, 0.2) is 54.1 Å². The zero-order valence-corrected chi connectivity index (χ0v) is 18.2. The number of hydrogen-bond acceptors (Lipinski definition) is 7. The summed E-state index contributed by atoms with van der Waals surface area (Å²) >= 11 is 0. The molecule has 0 aliphatic carbocycles. The number of hydrogen-bond donors (Lipinski definition) is 1. The molecule has 1 aliphatic rings. The Morgan fingerprint density at radius 1 is 1.09 bits per heavy atom. The predicted octanol–water partition coefficient (Wildman–Crippen LogP) is 3.08. The Morgan fingerprint density at radius 3 is 2.44 bits per heavy atom. The van der Waals surface area contributed by atoms with Crippen LogP contribution < -0.4 is 9.47 Å². The van der Waals surface area contributed by atoms with Gasteiger partial charge in [-0.15, -0.1) is 0 Å². The lowest BCUT2D eigenvalue weighted by molar-refractivity contribution is -0.140. The maximum absolute atomic E-state index is 12.9. The minimum absolute atomic E-state index is 0.0461. The van der Waals surface area contributed by atoms with Gasteiger partial charge in [0.05, 0.1) is 24.8 Å². The van der Waals surface area contributed by atoms with Crippen molar-refractivity contribution in [2.45, 2.75) is 19.9 Å². The van der Waals surface area contributed by atoms with E-state index >= 15 is 0 Å². The van der Waals surface area contributed by atoms with Crippen LogP contribution in [0.4, 0.5) is 0 Å². The molecule has 1 N–H and O–H groups in total. The van der Waals surface area contributed by atoms with Crippen molar-refractivity contribution in [3.63, 3.8) is 0 Å². The Morgan fingerprint density at radius 2 is 1.81 bits per heavy atom. The van der Waals surface area contributed by atoms with Crippen molar-refractivity contribution in [3.05, 3.63) is 65.2 Å². The van der Waals surface area contributed by atoms with Crippen LogP contribution in [0.1, 0.15) is 31.0 Å². The summed E-state index contributed by atoms with van der Waals surface area (Å²) in [5, 5.41) is 11.0. The van der Waals surface area contributed by atoms with Crippen molar-refractivity contribution in [1.29, 1.82) is 0 Å². The molecule has 2 aromatic carbocycles. The number of methoxy groups -OCH3 is 1. The fourth-order valence-electron chi connectivity index (χ4n) is 3.59. The Labute approximate surface area is 186 Å². The van der Waals surface area contributed by atoms with Gasteiger partial charge in [-0.05, 0) is 48.9 Å². The van der Waals surface area contributed by atoms with Crippen LogP contribution in [-0.2, 0) is 19.1 Å². The van der Waals surface area contributed by atoms with Gasteiger partial charge in [-0.1, -0.05) is 12.1 Å². The number of carbonyl (C=O) groups is 3. The van der Waals surface area contributed by atoms with E-state index in [0.29, 0.717) is 23.5 Å². The molecule has 8 nitrogen and oxygen atoms in total. The van der Waals surface area contributed by atoms with Crippen molar-refractivity contribution in [2.75, 3.05) is 26.9 Å². The number of likely N-dealkylation sites (tertiary alicyclic amines) is 1. The highest BCUT2D eigenvalue weighted by atomic mass is 16.5. The van der Waals surface area contributed by atoms with Gasteiger partial charge in [-0.25, -0.2) is 0 Å². The molecule has 32 heavy (non-hydrogen) atoms. The van der Waals surface area contributed by atoms with E-state index in [4.69, 9.17) is 14.2 Å². The molecular formula is C24H25NO7. The molecule has 0 aromatic heterocycles. The number of amides is 1. The Bertz CT molecular complexity index is 1040. The summed E-state index contributed by atoms with van der Waals surface area (Å²) in [5.41, 5.74) is 0.848. The number of benzene rings is 2. The first kappa shape index (κ1) is 23.0. The summed E-state index contributed by atoms with van der Waals surface area (Å²) in [6.07, 6.45) is 0. The van der Waals surface area contributed by atoms with Crippen LogP contribution in [-0.4, -0.2) is 54.5 Å². The molecule has 1 saturated heterocycles. The average molecular weight is 439 g/mol. The van der Waals surface area contributed by atoms with Crippen LogP contribution in [0, 0.1) is 0 Å². The second-order valence-corrected chi connectivity index (χ2v) is 7.11. The van der Waals surface area contributed by atoms with E-state index in [-0.39, 0.29) is 30.2 Å². The SMILES string of the molecule is CCOc1ccc(/C(O)=C2/C(=O)C(=O)N(CCOC)C2c2cccc(OC(C)=O)c2)cc1. The molecule has 0 saturated carbocycles. The van der Waals surface area contributed by atoms with Gasteiger partial charge in [-0.3, -0.25) is 14.4 Å². The molecule has 2 aromatic rings. The monoisotopic (exact) mass is 439 g/mol. The van der Waals surface area contributed by atoms with Gasteiger partial charge in [-0.2, -0.15) is 0 Å². The minimum atomic E-state index is -0.868. The summed E-state index contributed by atoms with van der Waals surface area (Å²) in [4.78, 5) is 38.5. The number of aliphatic hydroxyl groups is 1. The van der Waals surface area contributed by atoms with E-state index in [9.17, 15) is 19.5 Å². The fourth-order valence-corrected chi connectivity index (χ4v) is 3.59. The second kappa shape index (κ2) is 10.1. The molecule has 1 fully saturated rings. The summed E-state index contributed by atoms with van der Waals surface area (Å²) in [7, 11) is 1.49. The highest BCUT2D eigenvalue weighted by Crippen LogP contribution is 2.40. The largest absolute Gasteiger partial charge is 0.507 e. The Kier molecular flexibility index (Phi) is 7.27. The van der Waals surface area contributed by atoms with Crippen LogP contribution in [0.3, 0.4) is 0 Å². The highest BCUT2D eigenvalue weighted by molar-refractivity contribution is 6.46. The molecule has 3 rings (SSSR count). The first-order valence-corrected chi connectivity index (χ1v) is 10.2. The van der Waals surface area contributed by atoms with Gasteiger partial charge < -0.3 is 24.2 Å². The van der Waals surface area contributed by atoms with E-state index in [2.05, 4.69) is 0 Å². The molecular weight excluding hydrogens is 414 g/mol. The normalized spacial score (nSPS) is 17.5. The first-order chi connectivity index (χ1) is 15.4. The van der Waals surface area contributed by atoms with Crippen molar-refractivity contribution < 1.29 is 33.7 Å². The lowest BCUT2D eigenvalue weighted by Gasteiger charge is -2.25. The van der Waals surface area contributed by atoms with E-state index in [1.807, 2.05) is 6.92 Å². The van der Waals surface area contributed by atoms with Gasteiger partial charge in [0.25, 0.3) is 11.7 Å². The maximum Gasteiger partial charge on any atom is 0.308 e. The third kappa shape index (κ3) is 4.81. The van der Waals surface area contributed by atoms with Gasteiger partial charge in [0, 0.05) is 26.1 Å². The van der Waals surface area contributed by atoms with Gasteiger partial charge in [0.1, 0.15) is 17.3 Å². The molecule has 1 aliphatic heterocycles. The quantitative estimate of drug-likeness (QED) is 0.222. The first-order valence-electron chi connectivity index (χ1n) is 10.2. The van der Waals surface area contributed by atoms with Gasteiger partial charge >= 0.3 is 5.97 Å². The third-order valence-electron chi connectivity index (χ3n) is 4.95. The van der Waals surface area contributed by atoms with E-state index in [1.165, 1.54) is 18.9 Å². The summed E-state index contributed by atoms with van der Waals surface area (Å²) in [6.45, 7) is 3.98. The summed E-state index contributed by atoms with van der Waals surface area (Å²) in [6, 6.07) is 12.3. The predicted molar refractivity (Wildman–Crippen MR) is 116 cm³/mol. The molecule has 1 heterocycles. The fraction of sp³-hybridized carbons (Fsp3) is 0.292. The number of nitrogens with zero attached hydrogens (tertiary/aromatic N) is 1. The number of rotatable bonds is 8. The van der Waals surface area contributed by atoms with Crippen molar-refractivity contribution in [3.8, 4) is 11.5 Å². The van der Waals surface area contributed by atoms with Gasteiger partial charge in [0.2, 0.25) is 0 Å². The zero-order chi connectivity index (χ0) is 23.3. The standard InChI is InChI=1S/C24H25NO7/c1-4-31-18-10-8-16(9-11-18)22(27)20-21(25(12-13-30-3)24(29)23(20)28)17-6-5-7-19(14-17)32-15(2)26/h5-11,14,21,27H,4,12-13H2,1-3H3/b22-20-. The third-order valence-corrected chi connectivity index (χ3v) is 4.95. The molecule has 0 bridgehead atoms. The number of ketones is 1. The van der Waals surface area contributed by atoms with Crippen LogP contribution >= 0.6 is 0 Å². The van der Waals surface area contributed by atoms with Crippen molar-refractivity contribution >= 4 is 23.4 Å². The van der Waals surface area contributed by atoms with Crippen molar-refractivity contribution in [2.24, 2.45) is 0 Å².